The second-order valence-corrected chi connectivity index (χ2v) is 4.20. The Labute approximate surface area is 97.1 Å². The Morgan fingerprint density at radius 3 is 2.53 bits per heavy atom. The summed E-state index contributed by atoms with van der Waals surface area (Å²) in [5, 5.41) is 3.54. The summed E-state index contributed by atoms with van der Waals surface area (Å²) in [6, 6.07) is 2.00. The number of aromatic nitrogens is 1. The van der Waals surface area contributed by atoms with Crippen molar-refractivity contribution in [1.82, 2.24) is 4.98 Å². The Hall–Kier alpha value is -0.760. The average molecular weight is 227 g/mol. The molecule has 1 aromatic rings. The number of halogens is 1. The van der Waals surface area contributed by atoms with E-state index in [1.807, 2.05) is 12.3 Å². The zero-order chi connectivity index (χ0) is 11.3. The van der Waals surface area contributed by atoms with Gasteiger partial charge in [0.05, 0.1) is 5.54 Å². The molecule has 1 rings (SSSR count). The van der Waals surface area contributed by atoms with E-state index in [-0.39, 0.29) is 5.54 Å². The van der Waals surface area contributed by atoms with Crippen LogP contribution in [-0.2, 0) is 0 Å². The Bertz CT molecular complexity index is 300. The van der Waals surface area contributed by atoms with Crippen molar-refractivity contribution in [3.05, 3.63) is 24.0 Å². The number of alkyl halides is 1. The summed E-state index contributed by atoms with van der Waals surface area (Å²) in [7, 11) is 0. The van der Waals surface area contributed by atoms with Gasteiger partial charge in [0, 0.05) is 24.0 Å². The van der Waals surface area contributed by atoms with Crippen LogP contribution < -0.4 is 5.32 Å². The topological polar surface area (TPSA) is 24.9 Å². The van der Waals surface area contributed by atoms with Crippen LogP contribution in [0.15, 0.2) is 18.5 Å². The number of nitrogens with zero attached hydrogens (tertiary/aromatic N) is 1. The summed E-state index contributed by atoms with van der Waals surface area (Å²) >= 11 is 6.05. The average Bonchev–Trinajstić information content (AvgIpc) is 2.29. The molecule has 1 heterocycles. The molecule has 0 fully saturated rings. The molecule has 0 aliphatic heterocycles. The number of hydrogen-bond donors (Lipinski definition) is 1. The second kappa shape index (κ2) is 5.36. The lowest BCUT2D eigenvalue weighted by atomic mass is 9.94. The van der Waals surface area contributed by atoms with Crippen molar-refractivity contribution in [1.29, 1.82) is 0 Å². The molecule has 84 valence electrons. The molecule has 0 aromatic carbocycles. The highest BCUT2D eigenvalue weighted by Crippen LogP contribution is 2.25. The van der Waals surface area contributed by atoms with E-state index in [1.165, 1.54) is 0 Å². The van der Waals surface area contributed by atoms with Gasteiger partial charge < -0.3 is 5.32 Å². The van der Waals surface area contributed by atoms with Crippen molar-refractivity contribution in [2.75, 3.05) is 11.2 Å². The molecule has 2 nitrogen and oxygen atoms in total. The van der Waals surface area contributed by atoms with Crippen LogP contribution in [0.25, 0.3) is 0 Å². The number of rotatable bonds is 5. The summed E-state index contributed by atoms with van der Waals surface area (Å²) in [5.41, 5.74) is 2.30. The van der Waals surface area contributed by atoms with Crippen LogP contribution in [0.3, 0.4) is 0 Å². The summed E-state index contributed by atoms with van der Waals surface area (Å²) in [4.78, 5) is 4.08. The highest BCUT2D eigenvalue weighted by Gasteiger charge is 2.24. The van der Waals surface area contributed by atoms with Crippen molar-refractivity contribution in [3.63, 3.8) is 0 Å². The van der Waals surface area contributed by atoms with Gasteiger partial charge in [0.1, 0.15) is 0 Å². The number of anilines is 1. The van der Waals surface area contributed by atoms with E-state index in [4.69, 9.17) is 11.6 Å². The molecule has 0 aliphatic carbocycles. The summed E-state index contributed by atoms with van der Waals surface area (Å²) < 4.78 is 0. The zero-order valence-electron chi connectivity index (χ0n) is 9.68. The van der Waals surface area contributed by atoms with Crippen LogP contribution in [0.4, 0.5) is 5.69 Å². The first-order valence-electron chi connectivity index (χ1n) is 5.42. The smallest absolute Gasteiger partial charge is 0.0503 e. The minimum Gasteiger partial charge on any atom is -0.378 e. The maximum Gasteiger partial charge on any atom is 0.0503 e. The van der Waals surface area contributed by atoms with E-state index in [1.54, 1.807) is 6.20 Å². The van der Waals surface area contributed by atoms with Crippen LogP contribution in [0.5, 0.6) is 0 Å². The predicted molar refractivity (Wildman–Crippen MR) is 66.6 cm³/mol. The molecule has 0 radical (unpaired) electrons. The third-order valence-corrected chi connectivity index (χ3v) is 3.54. The first kappa shape index (κ1) is 12.3. The van der Waals surface area contributed by atoms with Gasteiger partial charge in [-0.25, -0.2) is 0 Å². The van der Waals surface area contributed by atoms with Gasteiger partial charge in [-0.15, -0.1) is 11.6 Å². The molecule has 0 unspecified atom stereocenters. The Morgan fingerprint density at radius 1 is 1.40 bits per heavy atom. The van der Waals surface area contributed by atoms with E-state index in [0.29, 0.717) is 5.88 Å². The van der Waals surface area contributed by atoms with Crippen LogP contribution in [0, 0.1) is 6.92 Å². The van der Waals surface area contributed by atoms with E-state index in [0.717, 1.165) is 24.1 Å². The molecule has 1 aromatic heterocycles. The molecular weight excluding hydrogens is 208 g/mol. The summed E-state index contributed by atoms with van der Waals surface area (Å²) in [6.07, 6.45) is 5.72. The lowest BCUT2D eigenvalue weighted by Crippen LogP contribution is -2.39. The standard InChI is InChI=1S/C12H19ClN2/c1-4-12(5-2,9-13)15-11-6-7-14-8-10(11)3/h6-8H,4-5,9H2,1-3H3,(H,14,15). The Morgan fingerprint density at radius 2 is 2.07 bits per heavy atom. The maximum absolute atomic E-state index is 6.05. The molecule has 15 heavy (non-hydrogen) atoms. The number of hydrogen-bond acceptors (Lipinski definition) is 2. The second-order valence-electron chi connectivity index (χ2n) is 3.94. The third-order valence-electron chi connectivity index (χ3n) is 3.03. The van der Waals surface area contributed by atoms with Gasteiger partial charge in [-0.3, -0.25) is 4.98 Å². The van der Waals surface area contributed by atoms with Gasteiger partial charge in [-0.1, -0.05) is 13.8 Å². The molecule has 0 aliphatic rings. The monoisotopic (exact) mass is 226 g/mol. The fraction of sp³-hybridized carbons (Fsp3) is 0.583. The molecule has 0 atom stereocenters. The SMILES string of the molecule is CCC(CC)(CCl)Nc1ccncc1C. The Kier molecular flexibility index (Phi) is 4.40. The molecule has 0 bridgehead atoms. The summed E-state index contributed by atoms with van der Waals surface area (Å²) in [5.74, 6) is 0.627. The number of pyridine rings is 1. The van der Waals surface area contributed by atoms with Crippen LogP contribution >= 0.6 is 11.6 Å². The zero-order valence-corrected chi connectivity index (χ0v) is 10.4. The highest BCUT2D eigenvalue weighted by molar-refractivity contribution is 6.18. The first-order valence-corrected chi connectivity index (χ1v) is 5.95. The normalized spacial score (nSPS) is 11.5. The lowest BCUT2D eigenvalue weighted by molar-refractivity contribution is 0.484. The van der Waals surface area contributed by atoms with Crippen LogP contribution in [0.1, 0.15) is 32.3 Å². The van der Waals surface area contributed by atoms with Gasteiger partial charge >= 0.3 is 0 Å². The molecule has 0 amide bonds. The lowest BCUT2D eigenvalue weighted by Gasteiger charge is -2.32. The van der Waals surface area contributed by atoms with Gasteiger partial charge in [0.2, 0.25) is 0 Å². The summed E-state index contributed by atoms with van der Waals surface area (Å²) in [6.45, 7) is 6.38. The van der Waals surface area contributed by atoms with E-state index >= 15 is 0 Å². The molecule has 0 spiro atoms. The van der Waals surface area contributed by atoms with Gasteiger partial charge in [0.25, 0.3) is 0 Å². The predicted octanol–water partition coefficient (Wildman–Crippen LogP) is 3.60. The van der Waals surface area contributed by atoms with Crippen molar-refractivity contribution >= 4 is 17.3 Å². The van der Waals surface area contributed by atoms with Gasteiger partial charge in [0.15, 0.2) is 0 Å². The van der Waals surface area contributed by atoms with Crippen LogP contribution in [0.2, 0.25) is 0 Å². The van der Waals surface area contributed by atoms with E-state index in [9.17, 15) is 0 Å². The fourth-order valence-corrected chi connectivity index (χ4v) is 1.99. The first-order chi connectivity index (χ1) is 7.17. The fourth-order valence-electron chi connectivity index (χ4n) is 1.55. The molecule has 0 saturated carbocycles. The van der Waals surface area contributed by atoms with E-state index in [2.05, 4.69) is 31.1 Å². The van der Waals surface area contributed by atoms with Crippen molar-refractivity contribution < 1.29 is 0 Å². The molecule has 1 N–H and O–H groups in total. The third kappa shape index (κ3) is 2.85. The van der Waals surface area contributed by atoms with Crippen LogP contribution in [-0.4, -0.2) is 16.4 Å². The van der Waals surface area contributed by atoms with Gasteiger partial charge in [-0.2, -0.15) is 0 Å². The quantitative estimate of drug-likeness (QED) is 0.777. The minimum absolute atomic E-state index is 0.00761. The van der Waals surface area contributed by atoms with Crippen molar-refractivity contribution in [2.24, 2.45) is 0 Å². The molecule has 0 saturated heterocycles. The highest BCUT2D eigenvalue weighted by atomic mass is 35.5. The maximum atomic E-state index is 6.05. The number of aryl methyl sites for hydroxylation is 1. The molecular formula is C12H19ClN2. The number of nitrogens with one attached hydrogen (secondary N) is 1. The Balaban J connectivity index is 2.88. The van der Waals surface area contributed by atoms with Crippen molar-refractivity contribution in [3.8, 4) is 0 Å². The van der Waals surface area contributed by atoms with Crippen molar-refractivity contribution in [2.45, 2.75) is 39.2 Å². The minimum atomic E-state index is 0.00761. The largest absolute Gasteiger partial charge is 0.378 e. The van der Waals surface area contributed by atoms with Gasteiger partial charge in [-0.05, 0) is 31.4 Å². The molecule has 3 heteroatoms. The van der Waals surface area contributed by atoms with E-state index < -0.39 is 0 Å².